The van der Waals surface area contributed by atoms with E-state index in [0.29, 0.717) is 11.3 Å². The first-order valence-electron chi connectivity index (χ1n) is 10.8. The van der Waals surface area contributed by atoms with Crippen LogP contribution in [0, 0.1) is 5.92 Å². The third-order valence-electron chi connectivity index (χ3n) is 5.98. The molecule has 2 amide bonds. The average molecular weight is 404 g/mol. The van der Waals surface area contributed by atoms with Crippen LogP contribution in [0.3, 0.4) is 0 Å². The predicted octanol–water partition coefficient (Wildman–Crippen LogP) is 4.52. The standard InChI is InChI=1S/C25H29N3O2/c1-17(2)28-24(29)22(19-7-5-4-6-8-19)23(25(28)30)26-20-9-11-21(12-10-20)27-15-13-18(3)14-16-27/h4-12,17-18,26H,13-16H2,1-3H3. The number of nitrogens with one attached hydrogen (secondary N) is 1. The molecule has 5 nitrogen and oxygen atoms in total. The minimum absolute atomic E-state index is 0.202. The molecule has 2 heterocycles. The molecule has 0 radical (unpaired) electrons. The van der Waals surface area contributed by atoms with Gasteiger partial charge in [0, 0.05) is 30.5 Å². The normalized spacial score (nSPS) is 18.0. The molecule has 1 saturated heterocycles. The minimum Gasteiger partial charge on any atom is -0.372 e. The number of anilines is 2. The average Bonchev–Trinajstić information content (AvgIpc) is 2.99. The molecular formula is C25H29N3O2. The van der Waals surface area contributed by atoms with Gasteiger partial charge in [0.15, 0.2) is 0 Å². The number of hydrogen-bond acceptors (Lipinski definition) is 4. The molecule has 4 rings (SSSR count). The van der Waals surface area contributed by atoms with Crippen molar-refractivity contribution in [3.8, 4) is 0 Å². The molecule has 2 aromatic rings. The number of amides is 2. The van der Waals surface area contributed by atoms with Crippen LogP contribution in [0.5, 0.6) is 0 Å². The van der Waals surface area contributed by atoms with Gasteiger partial charge in [-0.1, -0.05) is 37.3 Å². The van der Waals surface area contributed by atoms with E-state index in [1.54, 1.807) is 0 Å². The number of benzene rings is 2. The van der Waals surface area contributed by atoms with Crippen molar-refractivity contribution in [2.75, 3.05) is 23.3 Å². The molecule has 5 heteroatoms. The summed E-state index contributed by atoms with van der Waals surface area (Å²) in [4.78, 5) is 29.8. The molecule has 0 aliphatic carbocycles. The van der Waals surface area contributed by atoms with Crippen molar-refractivity contribution in [1.29, 1.82) is 0 Å². The van der Waals surface area contributed by atoms with Gasteiger partial charge in [0.1, 0.15) is 5.70 Å². The quantitative estimate of drug-likeness (QED) is 0.746. The molecular weight excluding hydrogens is 374 g/mol. The van der Waals surface area contributed by atoms with Gasteiger partial charge in [-0.05, 0) is 62.4 Å². The molecule has 0 bridgehead atoms. The molecule has 1 fully saturated rings. The summed E-state index contributed by atoms with van der Waals surface area (Å²) >= 11 is 0. The van der Waals surface area contributed by atoms with E-state index in [0.717, 1.165) is 30.3 Å². The zero-order valence-corrected chi connectivity index (χ0v) is 17.9. The highest BCUT2D eigenvalue weighted by molar-refractivity contribution is 6.36. The van der Waals surface area contributed by atoms with Crippen molar-refractivity contribution in [2.45, 2.75) is 39.7 Å². The molecule has 0 aromatic heterocycles. The first kappa shape index (κ1) is 20.2. The molecule has 2 aromatic carbocycles. The van der Waals surface area contributed by atoms with Crippen molar-refractivity contribution in [3.63, 3.8) is 0 Å². The fourth-order valence-corrected chi connectivity index (χ4v) is 4.17. The Morgan fingerprint density at radius 1 is 0.900 bits per heavy atom. The molecule has 30 heavy (non-hydrogen) atoms. The Kier molecular flexibility index (Phi) is 5.62. The first-order chi connectivity index (χ1) is 14.5. The summed E-state index contributed by atoms with van der Waals surface area (Å²) in [6.45, 7) is 8.18. The van der Waals surface area contributed by atoms with Crippen LogP contribution in [0.25, 0.3) is 5.57 Å². The third-order valence-corrected chi connectivity index (χ3v) is 5.98. The number of nitrogens with zero attached hydrogens (tertiary/aromatic N) is 2. The SMILES string of the molecule is CC1CCN(c2ccc(NC3=C(c4ccccc4)C(=O)N(C(C)C)C3=O)cc2)CC1. The molecule has 2 aliphatic heterocycles. The van der Waals surface area contributed by atoms with Crippen LogP contribution in [-0.2, 0) is 9.59 Å². The van der Waals surface area contributed by atoms with E-state index in [1.165, 1.54) is 23.4 Å². The van der Waals surface area contributed by atoms with Crippen LogP contribution in [0.15, 0.2) is 60.3 Å². The van der Waals surface area contributed by atoms with Crippen LogP contribution < -0.4 is 10.2 Å². The maximum Gasteiger partial charge on any atom is 0.278 e. The lowest BCUT2D eigenvalue weighted by Crippen LogP contribution is -2.38. The second-order valence-corrected chi connectivity index (χ2v) is 8.53. The Morgan fingerprint density at radius 2 is 1.53 bits per heavy atom. The van der Waals surface area contributed by atoms with Crippen LogP contribution >= 0.6 is 0 Å². The topological polar surface area (TPSA) is 52.7 Å². The van der Waals surface area contributed by atoms with Gasteiger partial charge in [0.2, 0.25) is 0 Å². The van der Waals surface area contributed by atoms with Crippen LogP contribution in [-0.4, -0.2) is 35.8 Å². The monoisotopic (exact) mass is 403 g/mol. The Morgan fingerprint density at radius 3 is 2.13 bits per heavy atom. The lowest BCUT2D eigenvalue weighted by molar-refractivity contribution is -0.138. The van der Waals surface area contributed by atoms with Gasteiger partial charge >= 0.3 is 0 Å². The van der Waals surface area contributed by atoms with E-state index in [1.807, 2.05) is 56.3 Å². The summed E-state index contributed by atoms with van der Waals surface area (Å²) in [5.41, 5.74) is 3.53. The van der Waals surface area contributed by atoms with Crippen molar-refractivity contribution in [2.24, 2.45) is 5.92 Å². The third kappa shape index (κ3) is 3.84. The molecule has 0 atom stereocenters. The summed E-state index contributed by atoms with van der Waals surface area (Å²) < 4.78 is 0. The molecule has 2 aliphatic rings. The van der Waals surface area contributed by atoms with E-state index in [9.17, 15) is 9.59 Å². The molecule has 156 valence electrons. The molecule has 0 unspecified atom stereocenters. The molecule has 1 N–H and O–H groups in total. The smallest absolute Gasteiger partial charge is 0.278 e. The van der Waals surface area contributed by atoms with Gasteiger partial charge in [0.05, 0.1) is 5.57 Å². The van der Waals surface area contributed by atoms with Gasteiger partial charge in [-0.15, -0.1) is 0 Å². The van der Waals surface area contributed by atoms with Crippen molar-refractivity contribution >= 4 is 28.8 Å². The lowest BCUT2D eigenvalue weighted by Gasteiger charge is -2.32. The zero-order valence-electron chi connectivity index (χ0n) is 17.9. The maximum atomic E-state index is 13.1. The predicted molar refractivity (Wildman–Crippen MR) is 121 cm³/mol. The highest BCUT2D eigenvalue weighted by atomic mass is 16.2. The summed E-state index contributed by atoms with van der Waals surface area (Å²) in [5, 5.41) is 3.24. The van der Waals surface area contributed by atoms with Gasteiger partial charge in [0.25, 0.3) is 11.8 Å². The van der Waals surface area contributed by atoms with Gasteiger partial charge in [-0.3, -0.25) is 14.5 Å². The van der Waals surface area contributed by atoms with Gasteiger partial charge < -0.3 is 10.2 Å². The maximum absolute atomic E-state index is 13.1. The summed E-state index contributed by atoms with van der Waals surface area (Å²) in [6, 6.07) is 17.3. The number of imide groups is 1. The largest absolute Gasteiger partial charge is 0.372 e. The number of carbonyl (C=O) groups is 2. The Bertz CT molecular complexity index is 956. The van der Waals surface area contributed by atoms with Crippen LogP contribution in [0.4, 0.5) is 11.4 Å². The molecule has 0 saturated carbocycles. The van der Waals surface area contributed by atoms with E-state index in [-0.39, 0.29) is 17.9 Å². The number of hydrogen-bond donors (Lipinski definition) is 1. The number of carbonyl (C=O) groups excluding carboxylic acids is 2. The Labute approximate surface area is 178 Å². The minimum atomic E-state index is -0.275. The highest BCUT2D eigenvalue weighted by Crippen LogP contribution is 2.32. The van der Waals surface area contributed by atoms with Gasteiger partial charge in [-0.2, -0.15) is 0 Å². The van der Waals surface area contributed by atoms with E-state index in [4.69, 9.17) is 0 Å². The second kappa shape index (κ2) is 8.34. The summed E-state index contributed by atoms with van der Waals surface area (Å²) in [6.07, 6.45) is 2.43. The van der Waals surface area contributed by atoms with Crippen molar-refractivity contribution in [3.05, 3.63) is 65.9 Å². The van der Waals surface area contributed by atoms with Crippen LogP contribution in [0.2, 0.25) is 0 Å². The molecule has 0 spiro atoms. The lowest BCUT2D eigenvalue weighted by atomic mass is 9.99. The fourth-order valence-electron chi connectivity index (χ4n) is 4.17. The van der Waals surface area contributed by atoms with E-state index >= 15 is 0 Å². The number of piperidine rings is 1. The van der Waals surface area contributed by atoms with Crippen LogP contribution in [0.1, 0.15) is 39.2 Å². The zero-order chi connectivity index (χ0) is 21.3. The first-order valence-corrected chi connectivity index (χ1v) is 10.8. The highest BCUT2D eigenvalue weighted by Gasteiger charge is 2.40. The Hall–Kier alpha value is -3.08. The number of rotatable bonds is 5. The summed E-state index contributed by atoms with van der Waals surface area (Å²) in [7, 11) is 0. The van der Waals surface area contributed by atoms with E-state index in [2.05, 4.69) is 29.3 Å². The van der Waals surface area contributed by atoms with Crippen molar-refractivity contribution < 1.29 is 9.59 Å². The van der Waals surface area contributed by atoms with Crippen molar-refractivity contribution in [1.82, 2.24) is 4.90 Å². The summed E-state index contributed by atoms with van der Waals surface area (Å²) in [5.74, 6) is 0.269. The second-order valence-electron chi connectivity index (χ2n) is 8.53. The fraction of sp³-hybridized carbons (Fsp3) is 0.360. The van der Waals surface area contributed by atoms with E-state index < -0.39 is 0 Å². The Balaban J connectivity index is 1.61. The van der Waals surface area contributed by atoms with Gasteiger partial charge in [-0.25, -0.2) is 0 Å².